The second kappa shape index (κ2) is 5.05. The van der Waals surface area contributed by atoms with E-state index in [1.807, 2.05) is 6.07 Å². The molecule has 0 atom stereocenters. The van der Waals surface area contributed by atoms with Crippen LogP contribution in [-0.2, 0) is 0 Å². The molecule has 0 aliphatic heterocycles. The fourth-order valence-electron chi connectivity index (χ4n) is 2.57. The van der Waals surface area contributed by atoms with Gasteiger partial charge in [-0.3, -0.25) is 0 Å². The molecule has 17 heavy (non-hydrogen) atoms. The zero-order valence-electron chi connectivity index (χ0n) is 9.98. The molecule has 0 saturated heterocycles. The van der Waals surface area contributed by atoms with Gasteiger partial charge in [0.1, 0.15) is 0 Å². The minimum absolute atomic E-state index is 0.857. The Balaban J connectivity index is 1.64. The van der Waals surface area contributed by atoms with Crippen LogP contribution in [0.1, 0.15) is 32.1 Å². The highest BCUT2D eigenvalue weighted by atomic mass is 32.1. The van der Waals surface area contributed by atoms with Crippen LogP contribution in [0, 0.1) is 5.92 Å². The maximum atomic E-state index is 4.60. The van der Waals surface area contributed by atoms with Crippen LogP contribution >= 0.6 is 11.3 Å². The van der Waals surface area contributed by atoms with E-state index in [0.717, 1.165) is 23.1 Å². The van der Waals surface area contributed by atoms with Crippen LogP contribution in [0.4, 0.5) is 5.13 Å². The molecule has 1 N–H and O–H groups in total. The Hall–Kier alpha value is -1.09. The van der Waals surface area contributed by atoms with Gasteiger partial charge in [-0.1, -0.05) is 42.7 Å². The fraction of sp³-hybridized carbons (Fsp3) is 0.500. The first-order valence-corrected chi connectivity index (χ1v) is 7.33. The van der Waals surface area contributed by atoms with Crippen LogP contribution < -0.4 is 5.32 Å². The molecule has 3 heteroatoms. The van der Waals surface area contributed by atoms with Gasteiger partial charge in [0.25, 0.3) is 0 Å². The summed E-state index contributed by atoms with van der Waals surface area (Å²) in [5, 5.41) is 4.59. The first-order valence-electron chi connectivity index (χ1n) is 6.51. The summed E-state index contributed by atoms with van der Waals surface area (Å²) in [7, 11) is 0. The summed E-state index contributed by atoms with van der Waals surface area (Å²) in [6, 6.07) is 8.34. The maximum Gasteiger partial charge on any atom is 0.183 e. The van der Waals surface area contributed by atoms with Crippen LogP contribution in [-0.4, -0.2) is 11.5 Å². The number of hydrogen-bond donors (Lipinski definition) is 1. The van der Waals surface area contributed by atoms with E-state index >= 15 is 0 Å². The largest absolute Gasteiger partial charge is 0.361 e. The highest BCUT2D eigenvalue weighted by Gasteiger charge is 2.13. The third kappa shape index (κ3) is 2.60. The summed E-state index contributed by atoms with van der Waals surface area (Å²) in [6.07, 6.45) is 7.02. The molecule has 0 radical (unpaired) electrons. The van der Waals surface area contributed by atoms with Crippen LogP contribution in [0.25, 0.3) is 10.2 Å². The lowest BCUT2D eigenvalue weighted by molar-refractivity contribution is 0.373. The van der Waals surface area contributed by atoms with Gasteiger partial charge in [-0.25, -0.2) is 4.98 Å². The summed E-state index contributed by atoms with van der Waals surface area (Å²) in [5.74, 6) is 0.857. The van der Waals surface area contributed by atoms with E-state index in [4.69, 9.17) is 0 Å². The van der Waals surface area contributed by atoms with Gasteiger partial charge >= 0.3 is 0 Å². The molecule has 0 spiro atoms. The molecule has 1 saturated carbocycles. The molecular weight excluding hydrogens is 228 g/mol. The number of nitrogens with one attached hydrogen (secondary N) is 1. The standard InChI is InChI=1S/C14H18N2S/c1-2-6-11(7-3-1)10-15-14-16-12-8-4-5-9-13(12)17-14/h4-5,8-9,11H,1-3,6-7,10H2,(H,15,16). The van der Waals surface area contributed by atoms with Crippen molar-refractivity contribution in [3.63, 3.8) is 0 Å². The van der Waals surface area contributed by atoms with Crippen LogP contribution in [0.2, 0.25) is 0 Å². The number of benzene rings is 1. The van der Waals surface area contributed by atoms with Crippen molar-refractivity contribution in [2.75, 3.05) is 11.9 Å². The molecule has 2 aromatic rings. The third-order valence-corrected chi connectivity index (χ3v) is 4.55. The molecule has 0 unspecified atom stereocenters. The van der Waals surface area contributed by atoms with Gasteiger partial charge in [0.05, 0.1) is 10.2 Å². The number of rotatable bonds is 3. The van der Waals surface area contributed by atoms with E-state index in [0.29, 0.717) is 0 Å². The van der Waals surface area contributed by atoms with Gasteiger partial charge in [-0.05, 0) is 30.9 Å². The van der Waals surface area contributed by atoms with E-state index in [1.54, 1.807) is 11.3 Å². The topological polar surface area (TPSA) is 24.9 Å². The Bertz CT molecular complexity index is 453. The SMILES string of the molecule is c1ccc2sc(NCC3CCCCC3)nc2c1. The molecule has 1 aliphatic carbocycles. The monoisotopic (exact) mass is 246 g/mol. The quantitative estimate of drug-likeness (QED) is 0.874. The average Bonchev–Trinajstić information content (AvgIpc) is 2.80. The number of anilines is 1. The van der Waals surface area contributed by atoms with E-state index < -0.39 is 0 Å². The van der Waals surface area contributed by atoms with E-state index in [9.17, 15) is 0 Å². The number of fused-ring (bicyclic) bond motifs is 1. The number of para-hydroxylation sites is 1. The smallest absolute Gasteiger partial charge is 0.183 e. The number of hydrogen-bond acceptors (Lipinski definition) is 3. The predicted molar refractivity (Wildman–Crippen MR) is 74.7 cm³/mol. The molecule has 1 heterocycles. The molecule has 2 nitrogen and oxygen atoms in total. The summed E-state index contributed by atoms with van der Waals surface area (Å²) >= 11 is 1.76. The Morgan fingerprint density at radius 2 is 2.00 bits per heavy atom. The van der Waals surface area contributed by atoms with Crippen molar-refractivity contribution in [3.05, 3.63) is 24.3 Å². The molecule has 1 fully saturated rings. The highest BCUT2D eigenvalue weighted by molar-refractivity contribution is 7.22. The van der Waals surface area contributed by atoms with Gasteiger partial charge in [0.15, 0.2) is 5.13 Å². The Morgan fingerprint density at radius 1 is 1.18 bits per heavy atom. The van der Waals surface area contributed by atoms with Crippen molar-refractivity contribution in [1.82, 2.24) is 4.98 Å². The van der Waals surface area contributed by atoms with Gasteiger partial charge in [-0.15, -0.1) is 0 Å². The van der Waals surface area contributed by atoms with Crippen molar-refractivity contribution in [3.8, 4) is 0 Å². The van der Waals surface area contributed by atoms with Crippen molar-refractivity contribution in [2.45, 2.75) is 32.1 Å². The van der Waals surface area contributed by atoms with Gasteiger partial charge in [0.2, 0.25) is 0 Å². The van der Waals surface area contributed by atoms with Gasteiger partial charge in [-0.2, -0.15) is 0 Å². The Morgan fingerprint density at radius 3 is 2.82 bits per heavy atom. The number of thiazole rings is 1. The first-order chi connectivity index (χ1) is 8.42. The summed E-state index contributed by atoms with van der Waals surface area (Å²) < 4.78 is 1.28. The maximum absolute atomic E-state index is 4.60. The van der Waals surface area contributed by atoms with Crippen molar-refractivity contribution < 1.29 is 0 Å². The highest BCUT2D eigenvalue weighted by Crippen LogP contribution is 2.27. The molecular formula is C14H18N2S. The lowest BCUT2D eigenvalue weighted by Gasteiger charge is -2.21. The average molecular weight is 246 g/mol. The van der Waals surface area contributed by atoms with E-state index in [2.05, 4.69) is 28.5 Å². The van der Waals surface area contributed by atoms with Crippen LogP contribution in [0.5, 0.6) is 0 Å². The lowest BCUT2D eigenvalue weighted by atomic mass is 9.89. The Kier molecular flexibility index (Phi) is 3.27. The first kappa shape index (κ1) is 11.0. The van der Waals surface area contributed by atoms with Crippen molar-refractivity contribution in [2.24, 2.45) is 5.92 Å². The second-order valence-electron chi connectivity index (χ2n) is 4.87. The molecule has 0 bridgehead atoms. The zero-order valence-corrected chi connectivity index (χ0v) is 10.8. The number of nitrogens with zero attached hydrogens (tertiary/aromatic N) is 1. The lowest BCUT2D eigenvalue weighted by Crippen LogP contribution is -2.16. The molecule has 0 amide bonds. The molecule has 1 aliphatic rings. The minimum Gasteiger partial charge on any atom is -0.361 e. The molecule has 1 aromatic carbocycles. The normalized spacial score (nSPS) is 17.4. The minimum atomic E-state index is 0.857. The second-order valence-corrected chi connectivity index (χ2v) is 5.90. The Labute approximate surface area is 106 Å². The van der Waals surface area contributed by atoms with Crippen LogP contribution in [0.3, 0.4) is 0 Å². The predicted octanol–water partition coefficient (Wildman–Crippen LogP) is 4.29. The molecule has 3 rings (SSSR count). The van der Waals surface area contributed by atoms with Crippen molar-refractivity contribution >= 4 is 26.7 Å². The van der Waals surface area contributed by atoms with E-state index in [-0.39, 0.29) is 0 Å². The van der Waals surface area contributed by atoms with Crippen molar-refractivity contribution in [1.29, 1.82) is 0 Å². The zero-order chi connectivity index (χ0) is 11.5. The summed E-state index contributed by atoms with van der Waals surface area (Å²) in [6.45, 7) is 1.10. The van der Waals surface area contributed by atoms with E-state index in [1.165, 1.54) is 36.8 Å². The number of aromatic nitrogens is 1. The summed E-state index contributed by atoms with van der Waals surface area (Å²) in [5.41, 5.74) is 1.11. The third-order valence-electron chi connectivity index (χ3n) is 3.56. The van der Waals surface area contributed by atoms with Crippen LogP contribution in [0.15, 0.2) is 24.3 Å². The molecule has 90 valence electrons. The fourth-order valence-corrected chi connectivity index (χ4v) is 3.44. The molecule has 1 aromatic heterocycles. The van der Waals surface area contributed by atoms with Gasteiger partial charge < -0.3 is 5.32 Å². The summed E-state index contributed by atoms with van der Waals surface area (Å²) in [4.78, 5) is 4.60. The van der Waals surface area contributed by atoms with Gasteiger partial charge in [0, 0.05) is 6.54 Å².